The molecule has 2 fully saturated rings. The molecule has 1 aromatic rings. The lowest BCUT2D eigenvalue weighted by Crippen LogP contribution is -2.64. The highest BCUT2D eigenvalue weighted by Gasteiger charge is 2.46. The number of halogens is 1. The monoisotopic (exact) mass is 276 g/mol. The molecule has 0 aromatic heterocycles. The fourth-order valence-corrected chi connectivity index (χ4v) is 3.53. The zero-order valence-corrected chi connectivity index (χ0v) is 12.7. The summed E-state index contributed by atoms with van der Waals surface area (Å²) in [6, 6.07) is 5.62. The first-order chi connectivity index (χ1) is 9.53. The first-order valence-electron chi connectivity index (χ1n) is 7.81. The van der Waals surface area contributed by atoms with Crippen molar-refractivity contribution in [2.45, 2.75) is 51.6 Å². The molecule has 0 radical (unpaired) electrons. The lowest BCUT2D eigenvalue weighted by Gasteiger charge is -2.48. The van der Waals surface area contributed by atoms with Crippen LogP contribution >= 0.6 is 0 Å². The summed E-state index contributed by atoms with van der Waals surface area (Å²) in [5, 5.41) is 3.76. The number of nitrogens with one attached hydrogen (secondary N) is 1. The van der Waals surface area contributed by atoms with Gasteiger partial charge in [0.2, 0.25) is 0 Å². The standard InChI is InChI=1S/C17H25FN2/c1-4-15-10-19-17(3,13-6-7-13)11-20(15)16-9-14(18)8-5-12(16)2/h5,8-9,13,15,19H,4,6-7,10-11H2,1-3H3. The van der Waals surface area contributed by atoms with E-state index in [0.29, 0.717) is 6.04 Å². The number of rotatable bonds is 3. The van der Waals surface area contributed by atoms with E-state index < -0.39 is 0 Å². The molecule has 1 saturated heterocycles. The van der Waals surface area contributed by atoms with Crippen LogP contribution in [0.5, 0.6) is 0 Å². The van der Waals surface area contributed by atoms with E-state index in [1.807, 2.05) is 6.07 Å². The third-order valence-corrected chi connectivity index (χ3v) is 5.11. The Morgan fingerprint density at radius 1 is 1.40 bits per heavy atom. The minimum absolute atomic E-state index is 0.132. The van der Waals surface area contributed by atoms with E-state index in [2.05, 4.69) is 31.0 Å². The van der Waals surface area contributed by atoms with E-state index in [1.54, 1.807) is 12.1 Å². The summed E-state index contributed by atoms with van der Waals surface area (Å²) in [6.45, 7) is 8.61. The van der Waals surface area contributed by atoms with Crippen LogP contribution in [0, 0.1) is 18.7 Å². The average molecular weight is 276 g/mol. The highest BCUT2D eigenvalue weighted by Crippen LogP contribution is 2.42. The van der Waals surface area contributed by atoms with Crippen molar-refractivity contribution in [2.75, 3.05) is 18.0 Å². The van der Waals surface area contributed by atoms with Crippen LogP contribution in [-0.2, 0) is 0 Å². The second-order valence-electron chi connectivity index (χ2n) is 6.69. The van der Waals surface area contributed by atoms with Gasteiger partial charge in [0, 0.05) is 30.4 Å². The van der Waals surface area contributed by atoms with Crippen molar-refractivity contribution in [2.24, 2.45) is 5.92 Å². The van der Waals surface area contributed by atoms with Crippen LogP contribution in [-0.4, -0.2) is 24.7 Å². The molecule has 2 unspecified atom stereocenters. The minimum atomic E-state index is -0.132. The first kappa shape index (κ1) is 13.9. The smallest absolute Gasteiger partial charge is 0.125 e. The Kier molecular flexibility index (Phi) is 3.49. The van der Waals surface area contributed by atoms with Crippen LogP contribution in [0.1, 0.15) is 38.7 Å². The molecular weight excluding hydrogens is 251 g/mol. The van der Waals surface area contributed by atoms with Gasteiger partial charge in [0.15, 0.2) is 0 Å². The number of hydrogen-bond donors (Lipinski definition) is 1. The van der Waals surface area contributed by atoms with Gasteiger partial charge in [0.25, 0.3) is 0 Å². The Balaban J connectivity index is 1.92. The predicted octanol–water partition coefficient (Wildman–Crippen LogP) is 3.49. The van der Waals surface area contributed by atoms with Crippen LogP contribution in [0.25, 0.3) is 0 Å². The van der Waals surface area contributed by atoms with Crippen molar-refractivity contribution in [3.63, 3.8) is 0 Å². The van der Waals surface area contributed by atoms with E-state index in [9.17, 15) is 4.39 Å². The number of anilines is 1. The lowest BCUT2D eigenvalue weighted by molar-refractivity contribution is 0.252. The van der Waals surface area contributed by atoms with Gasteiger partial charge in [0.1, 0.15) is 5.82 Å². The molecule has 0 amide bonds. The van der Waals surface area contributed by atoms with Crippen molar-refractivity contribution in [3.05, 3.63) is 29.6 Å². The van der Waals surface area contributed by atoms with Crippen molar-refractivity contribution in [1.82, 2.24) is 5.32 Å². The Bertz CT molecular complexity index is 498. The normalized spacial score (nSPS) is 30.6. The van der Waals surface area contributed by atoms with Crippen LogP contribution in [0.3, 0.4) is 0 Å². The molecule has 2 nitrogen and oxygen atoms in total. The zero-order valence-electron chi connectivity index (χ0n) is 12.7. The molecule has 110 valence electrons. The summed E-state index contributed by atoms with van der Waals surface area (Å²) < 4.78 is 13.7. The minimum Gasteiger partial charge on any atom is -0.365 e. The zero-order chi connectivity index (χ0) is 14.3. The Morgan fingerprint density at radius 2 is 2.15 bits per heavy atom. The molecule has 3 rings (SSSR count). The fraction of sp³-hybridized carbons (Fsp3) is 0.647. The van der Waals surface area contributed by atoms with E-state index >= 15 is 0 Å². The molecule has 1 saturated carbocycles. The molecule has 1 aliphatic carbocycles. The number of piperazine rings is 1. The Labute approximate surface area is 121 Å². The second kappa shape index (κ2) is 5.03. The maximum absolute atomic E-state index is 13.7. The van der Waals surface area contributed by atoms with E-state index in [-0.39, 0.29) is 11.4 Å². The molecule has 2 atom stereocenters. The number of nitrogens with zero attached hydrogens (tertiary/aromatic N) is 1. The Hall–Kier alpha value is -1.09. The SMILES string of the molecule is CCC1CNC(C)(C2CC2)CN1c1cc(F)ccc1C. The average Bonchev–Trinajstić information content (AvgIpc) is 3.26. The number of hydrogen-bond acceptors (Lipinski definition) is 2. The molecule has 0 spiro atoms. The molecular formula is C17H25FN2. The van der Waals surface area contributed by atoms with Crippen molar-refractivity contribution in [3.8, 4) is 0 Å². The molecule has 2 aliphatic rings. The van der Waals surface area contributed by atoms with Crippen LogP contribution in [0.15, 0.2) is 18.2 Å². The summed E-state index contributed by atoms with van der Waals surface area (Å²) in [7, 11) is 0. The molecule has 1 aliphatic heterocycles. The lowest BCUT2D eigenvalue weighted by atomic mass is 9.89. The van der Waals surface area contributed by atoms with E-state index in [1.165, 1.54) is 18.4 Å². The molecule has 20 heavy (non-hydrogen) atoms. The highest BCUT2D eigenvalue weighted by molar-refractivity contribution is 5.55. The number of benzene rings is 1. The third-order valence-electron chi connectivity index (χ3n) is 5.11. The molecule has 1 aromatic carbocycles. The van der Waals surface area contributed by atoms with E-state index in [4.69, 9.17) is 0 Å². The Morgan fingerprint density at radius 3 is 2.80 bits per heavy atom. The van der Waals surface area contributed by atoms with Gasteiger partial charge < -0.3 is 10.2 Å². The summed E-state index contributed by atoms with van der Waals surface area (Å²) in [5.74, 6) is 0.656. The predicted molar refractivity (Wildman–Crippen MR) is 81.7 cm³/mol. The highest BCUT2D eigenvalue weighted by atomic mass is 19.1. The van der Waals surface area contributed by atoms with Crippen LogP contribution < -0.4 is 10.2 Å². The third kappa shape index (κ3) is 2.44. The maximum atomic E-state index is 13.7. The van der Waals surface area contributed by atoms with Gasteiger partial charge in [0.05, 0.1) is 0 Å². The topological polar surface area (TPSA) is 15.3 Å². The van der Waals surface area contributed by atoms with Gasteiger partial charge in [-0.25, -0.2) is 4.39 Å². The molecule has 0 bridgehead atoms. The summed E-state index contributed by atoms with van der Waals surface area (Å²) in [5.41, 5.74) is 2.43. The molecule has 3 heteroatoms. The second-order valence-corrected chi connectivity index (χ2v) is 6.69. The van der Waals surface area contributed by atoms with E-state index in [0.717, 1.165) is 31.1 Å². The van der Waals surface area contributed by atoms with Crippen molar-refractivity contribution >= 4 is 5.69 Å². The van der Waals surface area contributed by atoms with Gasteiger partial charge in [-0.05, 0) is 56.7 Å². The summed E-state index contributed by atoms with van der Waals surface area (Å²) in [4.78, 5) is 2.44. The molecule has 1 N–H and O–H groups in total. The summed E-state index contributed by atoms with van der Waals surface area (Å²) >= 11 is 0. The van der Waals surface area contributed by atoms with Gasteiger partial charge in [-0.2, -0.15) is 0 Å². The molecule has 1 heterocycles. The van der Waals surface area contributed by atoms with Crippen LogP contribution in [0.4, 0.5) is 10.1 Å². The summed E-state index contributed by atoms with van der Waals surface area (Å²) in [6.07, 6.45) is 3.75. The number of aryl methyl sites for hydroxylation is 1. The largest absolute Gasteiger partial charge is 0.365 e. The van der Waals surface area contributed by atoms with Crippen molar-refractivity contribution in [1.29, 1.82) is 0 Å². The van der Waals surface area contributed by atoms with Gasteiger partial charge in [-0.15, -0.1) is 0 Å². The quantitative estimate of drug-likeness (QED) is 0.909. The van der Waals surface area contributed by atoms with Gasteiger partial charge in [-0.3, -0.25) is 0 Å². The van der Waals surface area contributed by atoms with Crippen LogP contribution in [0.2, 0.25) is 0 Å². The van der Waals surface area contributed by atoms with Crippen molar-refractivity contribution < 1.29 is 4.39 Å². The van der Waals surface area contributed by atoms with Gasteiger partial charge in [-0.1, -0.05) is 13.0 Å². The maximum Gasteiger partial charge on any atom is 0.125 e. The van der Waals surface area contributed by atoms with Gasteiger partial charge >= 0.3 is 0 Å². The first-order valence-corrected chi connectivity index (χ1v) is 7.81. The fourth-order valence-electron chi connectivity index (χ4n) is 3.53.